The molecule has 0 aliphatic heterocycles. The summed E-state index contributed by atoms with van der Waals surface area (Å²) in [7, 11) is -4.14. The smallest absolute Gasteiger partial charge is 0.264 e. The summed E-state index contributed by atoms with van der Waals surface area (Å²) in [4.78, 5) is 29.7. The normalized spacial score (nSPS) is 12.0. The molecule has 43 heavy (non-hydrogen) atoms. The van der Waals surface area contributed by atoms with Crippen molar-refractivity contribution in [3.05, 3.63) is 131 Å². The quantitative estimate of drug-likeness (QED) is 0.211. The highest BCUT2D eigenvalue weighted by Gasteiger charge is 2.35. The van der Waals surface area contributed by atoms with Gasteiger partial charge in [-0.1, -0.05) is 90.5 Å². The lowest BCUT2D eigenvalue weighted by atomic mass is 10.0. The largest absolute Gasteiger partial charge is 0.352 e. The van der Waals surface area contributed by atoms with Gasteiger partial charge in [0.2, 0.25) is 11.8 Å². The predicted octanol–water partition coefficient (Wildman–Crippen LogP) is 6.01. The first-order valence-electron chi connectivity index (χ1n) is 14.1. The van der Waals surface area contributed by atoms with Gasteiger partial charge in [0.1, 0.15) is 12.6 Å². The number of hydrogen-bond acceptors (Lipinski definition) is 4. The van der Waals surface area contributed by atoms with Crippen molar-refractivity contribution in [3.8, 4) is 0 Å². The van der Waals surface area contributed by atoms with Crippen LogP contribution < -0.4 is 9.62 Å². The molecule has 0 fully saturated rings. The summed E-state index contributed by atoms with van der Waals surface area (Å²) >= 11 is 6.29. The van der Waals surface area contributed by atoms with Crippen molar-refractivity contribution in [2.75, 3.05) is 10.8 Å². The number of halogens is 1. The summed E-state index contributed by atoms with van der Waals surface area (Å²) in [6, 6.07) is 30.5. The van der Waals surface area contributed by atoms with E-state index in [4.69, 9.17) is 11.6 Å². The molecule has 224 valence electrons. The second kappa shape index (κ2) is 14.4. The van der Waals surface area contributed by atoms with Gasteiger partial charge in [0.15, 0.2) is 0 Å². The minimum absolute atomic E-state index is 0.0510. The van der Waals surface area contributed by atoms with Gasteiger partial charge in [-0.25, -0.2) is 8.42 Å². The third kappa shape index (κ3) is 8.24. The molecule has 0 aliphatic carbocycles. The zero-order chi connectivity index (χ0) is 31.0. The van der Waals surface area contributed by atoms with E-state index in [0.29, 0.717) is 21.8 Å². The van der Waals surface area contributed by atoms with E-state index in [1.165, 1.54) is 17.0 Å². The van der Waals surface area contributed by atoms with Crippen molar-refractivity contribution in [3.63, 3.8) is 0 Å². The number of hydrogen-bond donors (Lipinski definition) is 1. The fraction of sp³-hybridized carbons (Fsp3) is 0.235. The van der Waals surface area contributed by atoms with Gasteiger partial charge in [-0.2, -0.15) is 0 Å². The standard InChI is InChI=1S/C34H36ClN3O4S/c1-25(2)36-34(40)32(22-27-14-6-4-7-15-27)37(23-28-16-12-17-29(35)21-28)33(39)24-38(31-20-11-10-13-26(31)3)43(41,42)30-18-8-5-9-19-30/h4-21,25,32H,22-24H2,1-3H3,(H,36,40)/t32-/m1/s1. The molecule has 4 aromatic rings. The lowest BCUT2D eigenvalue weighted by Crippen LogP contribution is -2.54. The van der Waals surface area contributed by atoms with Crippen LogP contribution in [0.3, 0.4) is 0 Å². The molecule has 0 aliphatic rings. The molecule has 0 saturated heterocycles. The third-order valence-corrected chi connectivity index (χ3v) is 8.95. The molecule has 2 amide bonds. The van der Waals surface area contributed by atoms with Crippen molar-refractivity contribution in [2.45, 2.75) is 50.7 Å². The molecule has 4 aromatic carbocycles. The van der Waals surface area contributed by atoms with Crippen LogP contribution in [-0.2, 0) is 32.6 Å². The number of sulfonamides is 1. The Bertz CT molecular complexity index is 1650. The van der Waals surface area contributed by atoms with Gasteiger partial charge in [0.05, 0.1) is 10.6 Å². The Balaban J connectivity index is 1.81. The molecular weight excluding hydrogens is 582 g/mol. The molecule has 9 heteroatoms. The monoisotopic (exact) mass is 617 g/mol. The van der Waals surface area contributed by atoms with Crippen molar-refractivity contribution in [2.24, 2.45) is 0 Å². The van der Waals surface area contributed by atoms with Crippen LogP contribution >= 0.6 is 11.6 Å². The van der Waals surface area contributed by atoms with E-state index in [0.717, 1.165) is 9.87 Å². The van der Waals surface area contributed by atoms with Crippen LogP contribution in [0.25, 0.3) is 0 Å². The van der Waals surface area contributed by atoms with Gasteiger partial charge >= 0.3 is 0 Å². The zero-order valence-corrected chi connectivity index (χ0v) is 26.1. The molecule has 0 saturated carbocycles. The number of nitrogens with zero attached hydrogens (tertiary/aromatic N) is 2. The average molecular weight is 618 g/mol. The zero-order valence-electron chi connectivity index (χ0n) is 24.5. The maximum Gasteiger partial charge on any atom is 0.264 e. The van der Waals surface area contributed by atoms with Crippen molar-refractivity contribution >= 4 is 39.1 Å². The van der Waals surface area contributed by atoms with E-state index in [1.807, 2.05) is 56.3 Å². The van der Waals surface area contributed by atoms with Gasteiger partial charge in [0.25, 0.3) is 10.0 Å². The van der Waals surface area contributed by atoms with Gasteiger partial charge < -0.3 is 10.2 Å². The number of anilines is 1. The minimum atomic E-state index is -4.14. The molecule has 0 spiro atoms. The minimum Gasteiger partial charge on any atom is -0.352 e. The van der Waals surface area contributed by atoms with Crippen LogP contribution in [0, 0.1) is 6.92 Å². The van der Waals surface area contributed by atoms with E-state index < -0.39 is 28.5 Å². The maximum atomic E-state index is 14.4. The Morgan fingerprint density at radius 3 is 2.05 bits per heavy atom. The number of nitrogens with one attached hydrogen (secondary N) is 1. The van der Waals surface area contributed by atoms with Crippen LogP contribution in [0.1, 0.15) is 30.5 Å². The van der Waals surface area contributed by atoms with Crippen molar-refractivity contribution in [1.29, 1.82) is 0 Å². The van der Waals surface area contributed by atoms with Crippen LogP contribution in [0.5, 0.6) is 0 Å². The van der Waals surface area contributed by atoms with Gasteiger partial charge in [0, 0.05) is 24.0 Å². The Labute approximate surface area is 259 Å². The average Bonchev–Trinajstić information content (AvgIpc) is 2.98. The van der Waals surface area contributed by atoms with E-state index >= 15 is 0 Å². The SMILES string of the molecule is Cc1ccccc1N(CC(=O)N(Cc1cccc(Cl)c1)[C@H](Cc1ccccc1)C(=O)NC(C)C)S(=O)(=O)c1ccccc1. The molecular formula is C34H36ClN3O4S. The van der Waals surface area contributed by atoms with Crippen LogP contribution in [0.2, 0.25) is 5.02 Å². The van der Waals surface area contributed by atoms with E-state index in [2.05, 4.69) is 5.32 Å². The first-order chi connectivity index (χ1) is 20.6. The molecule has 0 radical (unpaired) electrons. The highest BCUT2D eigenvalue weighted by molar-refractivity contribution is 7.92. The van der Waals surface area contributed by atoms with E-state index in [-0.39, 0.29) is 29.8 Å². The Hall–Kier alpha value is -4.14. The summed E-state index contributed by atoms with van der Waals surface area (Å²) in [6.07, 6.45) is 0.238. The predicted molar refractivity (Wildman–Crippen MR) is 171 cm³/mol. The number of aryl methyl sites for hydroxylation is 1. The fourth-order valence-corrected chi connectivity index (χ4v) is 6.56. The molecule has 0 heterocycles. The summed E-state index contributed by atoms with van der Waals surface area (Å²) in [5, 5.41) is 3.45. The van der Waals surface area contributed by atoms with Crippen molar-refractivity contribution in [1.82, 2.24) is 10.2 Å². The molecule has 7 nitrogen and oxygen atoms in total. The molecule has 0 unspecified atom stereocenters. The highest BCUT2D eigenvalue weighted by Crippen LogP contribution is 2.28. The Morgan fingerprint density at radius 1 is 0.814 bits per heavy atom. The Morgan fingerprint density at radius 2 is 1.42 bits per heavy atom. The third-order valence-electron chi connectivity index (χ3n) is 6.94. The second-order valence-electron chi connectivity index (χ2n) is 10.6. The second-order valence-corrected chi connectivity index (χ2v) is 12.9. The lowest BCUT2D eigenvalue weighted by molar-refractivity contribution is -0.140. The maximum absolute atomic E-state index is 14.4. The number of carbonyl (C=O) groups excluding carboxylic acids is 2. The van der Waals surface area contributed by atoms with Crippen LogP contribution in [0.15, 0.2) is 114 Å². The fourth-order valence-electron chi connectivity index (χ4n) is 4.84. The first-order valence-corrected chi connectivity index (χ1v) is 15.9. The van der Waals surface area contributed by atoms with Crippen molar-refractivity contribution < 1.29 is 18.0 Å². The first kappa shape index (κ1) is 31.8. The number of carbonyl (C=O) groups is 2. The lowest BCUT2D eigenvalue weighted by Gasteiger charge is -2.34. The van der Waals surface area contributed by atoms with Crippen LogP contribution in [-0.4, -0.2) is 43.8 Å². The highest BCUT2D eigenvalue weighted by atomic mass is 35.5. The topological polar surface area (TPSA) is 86.8 Å². The number of rotatable bonds is 12. The summed E-state index contributed by atoms with van der Waals surface area (Å²) < 4.78 is 29.2. The van der Waals surface area contributed by atoms with E-state index in [1.54, 1.807) is 61.5 Å². The summed E-state index contributed by atoms with van der Waals surface area (Å²) in [6.45, 7) is 5.05. The van der Waals surface area contributed by atoms with Gasteiger partial charge in [-0.3, -0.25) is 13.9 Å². The number of benzene rings is 4. The molecule has 1 atom stereocenters. The summed E-state index contributed by atoms with van der Waals surface area (Å²) in [5.41, 5.74) is 2.65. The number of amides is 2. The summed E-state index contributed by atoms with van der Waals surface area (Å²) in [5.74, 6) is -0.856. The van der Waals surface area contributed by atoms with E-state index in [9.17, 15) is 18.0 Å². The van der Waals surface area contributed by atoms with Gasteiger partial charge in [-0.15, -0.1) is 0 Å². The number of para-hydroxylation sites is 1. The molecule has 1 N–H and O–H groups in total. The Kier molecular flexibility index (Phi) is 10.6. The van der Waals surface area contributed by atoms with Gasteiger partial charge in [-0.05, 0) is 67.8 Å². The molecule has 0 aromatic heterocycles. The van der Waals surface area contributed by atoms with Crippen LogP contribution in [0.4, 0.5) is 5.69 Å². The molecule has 4 rings (SSSR count). The molecule has 0 bridgehead atoms.